The lowest BCUT2D eigenvalue weighted by molar-refractivity contribution is -0.275. The quantitative estimate of drug-likeness (QED) is 0.238. The summed E-state index contributed by atoms with van der Waals surface area (Å²) in [7, 11) is 1.14. The molecule has 39 heavy (non-hydrogen) atoms. The van der Waals surface area contributed by atoms with Crippen molar-refractivity contribution in [2.45, 2.75) is 44.3 Å². The lowest BCUT2D eigenvalue weighted by Gasteiger charge is -2.32. The molecule has 1 fully saturated rings. The van der Waals surface area contributed by atoms with Crippen molar-refractivity contribution in [3.05, 3.63) is 95.4 Å². The second kappa shape index (κ2) is 10.1. The standard InChI is InChI=1S/C29H25F5N2O3/c1-16-24(18-9-10-20(30)25(31)26(18)37-3)27(39-28(16,2)29(32,33)34)22-13-23(19-14-35-12-11-21(19)36-22)38-15-17-7-5-4-6-8-17/h4-14,16,24,27H,15H2,1-3H3/t16-,24-,27-,28+/m0/s1. The highest BCUT2D eigenvalue weighted by molar-refractivity contribution is 5.84. The van der Waals surface area contributed by atoms with Crippen LogP contribution in [0.2, 0.25) is 0 Å². The summed E-state index contributed by atoms with van der Waals surface area (Å²) < 4.78 is 89.0. The number of aromatic nitrogens is 2. The van der Waals surface area contributed by atoms with Crippen LogP contribution in [0.1, 0.15) is 42.7 Å². The zero-order chi connectivity index (χ0) is 27.9. The molecule has 0 unspecified atom stereocenters. The lowest BCUT2D eigenvalue weighted by atomic mass is 9.76. The number of pyridine rings is 2. The highest BCUT2D eigenvalue weighted by Crippen LogP contribution is 2.59. The third kappa shape index (κ3) is 4.67. The lowest BCUT2D eigenvalue weighted by Crippen LogP contribution is -2.46. The van der Waals surface area contributed by atoms with Crippen LogP contribution in [-0.2, 0) is 11.3 Å². The van der Waals surface area contributed by atoms with Gasteiger partial charge >= 0.3 is 6.18 Å². The molecule has 0 amide bonds. The van der Waals surface area contributed by atoms with Gasteiger partial charge in [-0.25, -0.2) is 9.37 Å². The number of hydrogen-bond donors (Lipinski definition) is 0. The average Bonchev–Trinajstić information content (AvgIpc) is 3.20. The Morgan fingerprint density at radius 3 is 2.49 bits per heavy atom. The van der Waals surface area contributed by atoms with E-state index in [4.69, 9.17) is 14.2 Å². The summed E-state index contributed by atoms with van der Waals surface area (Å²) in [6.45, 7) is 2.52. The summed E-state index contributed by atoms with van der Waals surface area (Å²) in [5.74, 6) is -4.89. The van der Waals surface area contributed by atoms with Crippen LogP contribution in [0.5, 0.6) is 11.5 Å². The molecule has 1 aliphatic rings. The molecule has 204 valence electrons. The van der Waals surface area contributed by atoms with E-state index in [0.717, 1.165) is 25.7 Å². The Balaban J connectivity index is 1.66. The molecule has 4 atom stereocenters. The molecule has 0 aliphatic carbocycles. The monoisotopic (exact) mass is 544 g/mol. The molecule has 3 heterocycles. The van der Waals surface area contributed by atoms with E-state index in [1.54, 1.807) is 12.3 Å². The largest absolute Gasteiger partial charge is 0.493 e. The number of halogens is 5. The van der Waals surface area contributed by atoms with Crippen molar-refractivity contribution in [3.8, 4) is 11.5 Å². The van der Waals surface area contributed by atoms with Crippen LogP contribution >= 0.6 is 0 Å². The second-order valence-corrected chi connectivity index (χ2v) is 9.65. The Labute approximate surface area is 221 Å². The van der Waals surface area contributed by atoms with Crippen molar-refractivity contribution < 1.29 is 36.2 Å². The van der Waals surface area contributed by atoms with E-state index >= 15 is 0 Å². The molecule has 5 rings (SSSR count). The summed E-state index contributed by atoms with van der Waals surface area (Å²) in [6, 6.07) is 14.6. The van der Waals surface area contributed by atoms with Gasteiger partial charge in [0.1, 0.15) is 18.5 Å². The number of alkyl halides is 3. The molecule has 4 aromatic rings. The fourth-order valence-corrected chi connectivity index (χ4v) is 5.13. The highest BCUT2D eigenvalue weighted by atomic mass is 19.4. The van der Waals surface area contributed by atoms with Crippen LogP contribution in [0.4, 0.5) is 22.0 Å². The topological polar surface area (TPSA) is 53.5 Å². The van der Waals surface area contributed by atoms with Crippen molar-refractivity contribution in [3.63, 3.8) is 0 Å². The number of fused-ring (bicyclic) bond motifs is 1. The van der Waals surface area contributed by atoms with Crippen molar-refractivity contribution in [2.24, 2.45) is 5.92 Å². The zero-order valence-electron chi connectivity index (χ0n) is 21.3. The molecule has 0 N–H and O–H groups in total. The molecule has 1 saturated heterocycles. The third-order valence-corrected chi connectivity index (χ3v) is 7.43. The Morgan fingerprint density at radius 1 is 1.05 bits per heavy atom. The van der Waals surface area contributed by atoms with Crippen molar-refractivity contribution in [2.75, 3.05) is 7.11 Å². The smallest absolute Gasteiger partial charge is 0.417 e. The summed E-state index contributed by atoms with van der Waals surface area (Å²) >= 11 is 0. The first-order valence-electron chi connectivity index (χ1n) is 12.2. The Bertz CT molecular complexity index is 1500. The predicted octanol–water partition coefficient (Wildman–Crippen LogP) is 7.31. The van der Waals surface area contributed by atoms with Gasteiger partial charge in [-0.05, 0) is 24.6 Å². The molecule has 10 heteroatoms. The van der Waals surface area contributed by atoms with E-state index in [9.17, 15) is 22.0 Å². The fourth-order valence-electron chi connectivity index (χ4n) is 5.13. The Morgan fingerprint density at radius 2 is 1.79 bits per heavy atom. The van der Waals surface area contributed by atoms with E-state index in [1.165, 1.54) is 25.3 Å². The van der Waals surface area contributed by atoms with Crippen molar-refractivity contribution in [1.29, 1.82) is 0 Å². The number of methoxy groups -OCH3 is 1. The minimum absolute atomic E-state index is 0.0465. The van der Waals surface area contributed by atoms with E-state index in [1.807, 2.05) is 30.3 Å². The number of benzene rings is 2. The maximum Gasteiger partial charge on any atom is 0.417 e. The molecule has 2 aromatic heterocycles. The molecule has 0 saturated carbocycles. The van der Waals surface area contributed by atoms with Gasteiger partial charge in [0.05, 0.1) is 23.7 Å². The van der Waals surface area contributed by atoms with Crippen LogP contribution in [0, 0.1) is 17.6 Å². The molecule has 0 radical (unpaired) electrons. The summed E-state index contributed by atoms with van der Waals surface area (Å²) in [4.78, 5) is 8.74. The SMILES string of the molecule is COc1c([C@H]2[C@H](c3cc(OCc4ccccc4)c4cnccc4n3)O[C@@](C)(C(F)(F)F)[C@H]2C)ccc(F)c1F. The van der Waals surface area contributed by atoms with Gasteiger partial charge < -0.3 is 14.2 Å². The molecular weight excluding hydrogens is 519 g/mol. The predicted molar refractivity (Wildman–Crippen MR) is 133 cm³/mol. The van der Waals surface area contributed by atoms with Gasteiger partial charge in [0.15, 0.2) is 17.2 Å². The van der Waals surface area contributed by atoms with Gasteiger partial charge in [-0.2, -0.15) is 17.6 Å². The second-order valence-electron chi connectivity index (χ2n) is 9.65. The highest BCUT2D eigenvalue weighted by Gasteiger charge is 2.65. The number of hydrogen-bond acceptors (Lipinski definition) is 5. The fraction of sp³-hybridized carbons (Fsp3) is 0.310. The zero-order valence-corrected chi connectivity index (χ0v) is 21.3. The summed E-state index contributed by atoms with van der Waals surface area (Å²) in [5, 5.41) is 0.559. The van der Waals surface area contributed by atoms with Gasteiger partial charge in [-0.1, -0.05) is 43.3 Å². The van der Waals surface area contributed by atoms with Crippen LogP contribution in [0.25, 0.3) is 10.9 Å². The average molecular weight is 545 g/mol. The number of ether oxygens (including phenoxy) is 3. The summed E-state index contributed by atoms with van der Waals surface area (Å²) in [5.41, 5.74) is -1.11. The molecular formula is C29H25F5N2O3. The van der Waals surface area contributed by atoms with Crippen molar-refractivity contribution >= 4 is 10.9 Å². The number of rotatable bonds is 6. The van der Waals surface area contributed by atoms with Crippen LogP contribution in [0.15, 0.2) is 67.0 Å². The van der Waals surface area contributed by atoms with Crippen LogP contribution in [-0.4, -0.2) is 28.9 Å². The maximum absolute atomic E-state index is 14.7. The van der Waals surface area contributed by atoms with Gasteiger partial charge in [0.25, 0.3) is 0 Å². The summed E-state index contributed by atoms with van der Waals surface area (Å²) in [6.07, 6.45) is -2.99. The van der Waals surface area contributed by atoms with Gasteiger partial charge in [-0.3, -0.25) is 4.98 Å². The van der Waals surface area contributed by atoms with E-state index in [2.05, 4.69) is 9.97 Å². The normalized spacial score (nSPS) is 23.2. The minimum atomic E-state index is -4.77. The van der Waals surface area contributed by atoms with Crippen LogP contribution < -0.4 is 9.47 Å². The first-order valence-corrected chi connectivity index (χ1v) is 12.2. The first-order chi connectivity index (χ1) is 18.5. The van der Waals surface area contributed by atoms with Crippen molar-refractivity contribution in [1.82, 2.24) is 9.97 Å². The minimum Gasteiger partial charge on any atom is -0.493 e. The van der Waals surface area contributed by atoms with Gasteiger partial charge in [0.2, 0.25) is 5.82 Å². The maximum atomic E-state index is 14.7. The molecule has 2 aromatic carbocycles. The van der Waals surface area contributed by atoms with Gasteiger partial charge in [0, 0.05) is 35.9 Å². The van der Waals surface area contributed by atoms with E-state index < -0.39 is 47.1 Å². The molecule has 5 nitrogen and oxygen atoms in total. The van der Waals surface area contributed by atoms with Crippen LogP contribution in [0.3, 0.4) is 0 Å². The molecule has 1 aliphatic heterocycles. The first kappa shape index (κ1) is 26.8. The third-order valence-electron chi connectivity index (χ3n) is 7.43. The van der Waals surface area contributed by atoms with E-state index in [0.29, 0.717) is 16.7 Å². The molecule has 0 spiro atoms. The van der Waals surface area contributed by atoms with E-state index in [-0.39, 0.29) is 17.9 Å². The molecule has 0 bridgehead atoms. The Hall–Kier alpha value is -3.79. The number of nitrogens with zero attached hydrogens (tertiary/aromatic N) is 2. The Kier molecular flexibility index (Phi) is 6.92. The van der Waals surface area contributed by atoms with Gasteiger partial charge in [-0.15, -0.1) is 0 Å².